The molecule has 1 heteroatoms. The Balaban J connectivity index is 1.19. The molecular weight excluding hydrogens is 569 g/mol. The fourth-order valence-corrected chi connectivity index (χ4v) is 8.09. The number of fused-ring (bicyclic) bond motifs is 8. The van der Waals surface area contributed by atoms with Crippen LogP contribution in [-0.2, 0) is 0 Å². The van der Waals surface area contributed by atoms with Crippen molar-refractivity contribution in [2.75, 3.05) is 0 Å². The van der Waals surface area contributed by atoms with Crippen molar-refractivity contribution in [3.05, 3.63) is 168 Å². The van der Waals surface area contributed by atoms with Crippen LogP contribution in [0.5, 0.6) is 0 Å². The third-order valence-electron chi connectivity index (χ3n) is 10.1. The van der Waals surface area contributed by atoms with E-state index in [1.54, 1.807) is 0 Å². The van der Waals surface area contributed by atoms with Gasteiger partial charge >= 0.3 is 0 Å². The second-order valence-corrected chi connectivity index (χ2v) is 12.7. The van der Waals surface area contributed by atoms with Gasteiger partial charge in [0.05, 0.1) is 0 Å². The molecule has 220 valence electrons. The van der Waals surface area contributed by atoms with Crippen LogP contribution in [0.2, 0.25) is 0 Å². The average molecular weight is 599 g/mol. The maximum absolute atomic E-state index is 6.50. The predicted octanol–water partition coefficient (Wildman–Crippen LogP) is 11.2. The molecule has 9 aromatic rings. The fourth-order valence-electron chi connectivity index (χ4n) is 8.09. The normalized spacial score (nSPS) is 13.1. The van der Waals surface area contributed by atoms with Gasteiger partial charge in [-0.25, -0.2) is 0 Å². The summed E-state index contributed by atoms with van der Waals surface area (Å²) in [5.74, 6) is 0. The second-order valence-electron chi connectivity index (χ2n) is 12.7. The molecular formula is C46H30O. The standard InChI is InChI=1S/C46H30O/c1-3-14-33-29(11-1)13-9-21-36(33)44-39-18-7-5-16-37(39)43(38-17-6-8-19-40(38)44)32-25-23-31(24-26-32)34-20-10-22-42-45(34)41-28-27-30-12-2-4-15-35(30)46(41)47-42/h1-8,10-20,22-28H,9,21H2. The third kappa shape index (κ3) is 3.96. The van der Waals surface area contributed by atoms with Gasteiger partial charge in [-0.1, -0.05) is 146 Å². The summed E-state index contributed by atoms with van der Waals surface area (Å²) in [7, 11) is 0. The minimum atomic E-state index is 0.921. The lowest BCUT2D eigenvalue weighted by atomic mass is 9.83. The molecule has 0 aliphatic heterocycles. The molecule has 8 aromatic carbocycles. The van der Waals surface area contributed by atoms with Crippen molar-refractivity contribution in [1.29, 1.82) is 0 Å². The summed E-state index contributed by atoms with van der Waals surface area (Å²) >= 11 is 0. The summed E-state index contributed by atoms with van der Waals surface area (Å²) in [5.41, 5.74) is 9.60. The third-order valence-corrected chi connectivity index (χ3v) is 10.1. The van der Waals surface area contributed by atoms with Crippen LogP contribution in [-0.4, -0.2) is 0 Å². The van der Waals surface area contributed by atoms with Gasteiger partial charge in [0.1, 0.15) is 11.2 Å². The highest BCUT2D eigenvalue weighted by atomic mass is 16.3. The summed E-state index contributed by atoms with van der Waals surface area (Å²) in [6, 6.07) is 55.3. The molecule has 1 nitrogen and oxygen atoms in total. The monoisotopic (exact) mass is 598 g/mol. The van der Waals surface area contributed by atoms with Crippen molar-refractivity contribution in [1.82, 2.24) is 0 Å². The molecule has 0 saturated heterocycles. The van der Waals surface area contributed by atoms with Crippen LogP contribution in [0.1, 0.15) is 18.4 Å². The zero-order valence-corrected chi connectivity index (χ0v) is 25.8. The first-order chi connectivity index (χ1) is 23.3. The Morgan fingerprint density at radius 2 is 1.09 bits per heavy atom. The van der Waals surface area contributed by atoms with E-state index in [4.69, 9.17) is 4.42 Å². The molecule has 0 amide bonds. The van der Waals surface area contributed by atoms with E-state index >= 15 is 0 Å². The number of benzene rings is 8. The van der Waals surface area contributed by atoms with Crippen LogP contribution >= 0.6 is 0 Å². The van der Waals surface area contributed by atoms with Gasteiger partial charge in [0.25, 0.3) is 0 Å². The maximum Gasteiger partial charge on any atom is 0.143 e. The summed E-state index contributed by atoms with van der Waals surface area (Å²) in [6.45, 7) is 0. The molecule has 0 fully saturated rings. The van der Waals surface area contributed by atoms with Crippen LogP contribution in [0.25, 0.3) is 88.2 Å². The van der Waals surface area contributed by atoms with Crippen LogP contribution in [0.3, 0.4) is 0 Å². The zero-order chi connectivity index (χ0) is 30.9. The molecule has 1 aromatic heterocycles. The molecule has 10 rings (SSSR count). The molecule has 1 aliphatic carbocycles. The van der Waals surface area contributed by atoms with Crippen molar-refractivity contribution < 1.29 is 4.42 Å². The minimum absolute atomic E-state index is 0.921. The fraction of sp³-hybridized carbons (Fsp3) is 0.0435. The van der Waals surface area contributed by atoms with E-state index in [0.717, 1.165) is 34.8 Å². The highest BCUT2D eigenvalue weighted by molar-refractivity contribution is 6.20. The molecule has 0 atom stereocenters. The quantitative estimate of drug-likeness (QED) is 0.184. The minimum Gasteiger partial charge on any atom is -0.455 e. The van der Waals surface area contributed by atoms with Crippen LogP contribution in [0.4, 0.5) is 0 Å². The highest BCUT2D eigenvalue weighted by Crippen LogP contribution is 2.44. The van der Waals surface area contributed by atoms with Gasteiger partial charge in [0.15, 0.2) is 0 Å². The smallest absolute Gasteiger partial charge is 0.143 e. The Kier molecular flexibility index (Phi) is 5.77. The number of hydrogen-bond donors (Lipinski definition) is 0. The summed E-state index contributed by atoms with van der Waals surface area (Å²) in [6.07, 6.45) is 4.49. The molecule has 0 N–H and O–H groups in total. The lowest BCUT2D eigenvalue weighted by molar-refractivity contribution is 0.673. The Morgan fingerprint density at radius 1 is 0.447 bits per heavy atom. The van der Waals surface area contributed by atoms with E-state index < -0.39 is 0 Å². The van der Waals surface area contributed by atoms with Gasteiger partial charge in [0.2, 0.25) is 0 Å². The average Bonchev–Trinajstić information content (AvgIpc) is 3.53. The van der Waals surface area contributed by atoms with E-state index in [9.17, 15) is 0 Å². The lowest BCUT2D eigenvalue weighted by Gasteiger charge is -2.20. The van der Waals surface area contributed by atoms with Crippen molar-refractivity contribution in [3.8, 4) is 22.3 Å². The number of furan rings is 1. The summed E-state index contributed by atoms with van der Waals surface area (Å²) < 4.78 is 6.50. The first kappa shape index (κ1) is 26.3. The van der Waals surface area contributed by atoms with Crippen molar-refractivity contribution in [3.63, 3.8) is 0 Å². The number of hydrogen-bond acceptors (Lipinski definition) is 1. The molecule has 0 bridgehead atoms. The molecule has 1 heterocycles. The van der Waals surface area contributed by atoms with Crippen LogP contribution < -0.4 is 10.4 Å². The van der Waals surface area contributed by atoms with Crippen molar-refractivity contribution in [2.24, 2.45) is 0 Å². The van der Waals surface area contributed by atoms with Crippen molar-refractivity contribution >= 4 is 65.9 Å². The SMILES string of the molecule is C1=c2ccccc2=C(c2c3ccccc3c(-c3ccc(-c4cccc5oc6c7ccccc7ccc6c45)cc3)c3ccccc23)CC1. The zero-order valence-electron chi connectivity index (χ0n) is 25.8. The lowest BCUT2D eigenvalue weighted by Crippen LogP contribution is -2.29. The van der Waals surface area contributed by atoms with E-state index in [1.807, 2.05) is 0 Å². The predicted molar refractivity (Wildman–Crippen MR) is 199 cm³/mol. The van der Waals surface area contributed by atoms with Crippen molar-refractivity contribution in [2.45, 2.75) is 12.8 Å². The van der Waals surface area contributed by atoms with E-state index in [-0.39, 0.29) is 0 Å². The van der Waals surface area contributed by atoms with Gasteiger partial charge in [-0.2, -0.15) is 0 Å². The molecule has 1 aliphatic rings. The van der Waals surface area contributed by atoms with Gasteiger partial charge in [-0.05, 0) is 95.7 Å². The Hall–Kier alpha value is -5.92. The van der Waals surface area contributed by atoms with E-state index in [2.05, 4.69) is 158 Å². The molecule has 0 spiro atoms. The van der Waals surface area contributed by atoms with Gasteiger partial charge in [-0.15, -0.1) is 0 Å². The topological polar surface area (TPSA) is 13.1 Å². The van der Waals surface area contributed by atoms with E-state index in [0.29, 0.717) is 0 Å². The molecule has 0 unspecified atom stereocenters. The number of rotatable bonds is 3. The summed E-state index contributed by atoms with van der Waals surface area (Å²) in [4.78, 5) is 0. The van der Waals surface area contributed by atoms with Crippen LogP contribution in [0, 0.1) is 0 Å². The second kappa shape index (κ2) is 10.3. The Bertz CT molecular complexity index is 2780. The first-order valence-corrected chi connectivity index (χ1v) is 16.5. The first-order valence-electron chi connectivity index (χ1n) is 16.5. The maximum atomic E-state index is 6.50. The Morgan fingerprint density at radius 3 is 1.85 bits per heavy atom. The van der Waals surface area contributed by atoms with Gasteiger partial charge in [0, 0.05) is 16.2 Å². The molecule has 0 saturated carbocycles. The summed E-state index contributed by atoms with van der Waals surface area (Å²) in [5, 5.41) is 12.6. The van der Waals surface area contributed by atoms with E-state index in [1.165, 1.54) is 76.1 Å². The van der Waals surface area contributed by atoms with Crippen LogP contribution in [0.15, 0.2) is 156 Å². The van der Waals surface area contributed by atoms with Gasteiger partial charge in [-0.3, -0.25) is 0 Å². The van der Waals surface area contributed by atoms with Gasteiger partial charge < -0.3 is 4.42 Å². The molecule has 0 radical (unpaired) electrons. The highest BCUT2D eigenvalue weighted by Gasteiger charge is 2.20. The Labute approximate surface area is 272 Å². The largest absolute Gasteiger partial charge is 0.455 e. The molecule has 47 heavy (non-hydrogen) atoms.